The quantitative estimate of drug-likeness (QED) is 0.876. The molecule has 0 unspecified atom stereocenters. The Bertz CT molecular complexity index is 792. The number of rotatable bonds is 5. The third-order valence-corrected chi connectivity index (χ3v) is 4.44. The van der Waals surface area contributed by atoms with Crippen molar-refractivity contribution in [3.8, 4) is 5.75 Å². The van der Waals surface area contributed by atoms with Crippen molar-refractivity contribution < 1.29 is 14.3 Å². The van der Waals surface area contributed by atoms with Gasteiger partial charge in [-0.3, -0.25) is 9.59 Å². The van der Waals surface area contributed by atoms with Gasteiger partial charge in [0.15, 0.2) is 6.10 Å². The minimum Gasteiger partial charge on any atom is -0.477 e. The Hall–Kier alpha value is -2.53. The molecule has 1 aliphatic heterocycles. The third-order valence-electron chi connectivity index (χ3n) is 4.19. The Kier molecular flexibility index (Phi) is 5.78. The molecule has 0 saturated carbocycles. The summed E-state index contributed by atoms with van der Waals surface area (Å²) in [5, 5.41) is 3.46. The molecule has 0 bridgehead atoms. The first-order valence-electron chi connectivity index (χ1n) is 8.66. The van der Waals surface area contributed by atoms with Crippen LogP contribution in [-0.4, -0.2) is 31.0 Å². The van der Waals surface area contributed by atoms with E-state index in [9.17, 15) is 9.59 Å². The number of ether oxygens (including phenoxy) is 1. The number of hydrogen-bond donors (Lipinski definition) is 1. The molecule has 0 saturated heterocycles. The summed E-state index contributed by atoms with van der Waals surface area (Å²) in [4.78, 5) is 26.9. The number of hydrogen-bond acceptors (Lipinski definition) is 3. The molecule has 1 atom stereocenters. The molecule has 5 nitrogen and oxygen atoms in total. The molecule has 1 aliphatic rings. The Morgan fingerprint density at radius 3 is 2.65 bits per heavy atom. The van der Waals surface area contributed by atoms with E-state index in [1.807, 2.05) is 37.3 Å². The van der Waals surface area contributed by atoms with E-state index in [1.54, 1.807) is 23.1 Å². The van der Waals surface area contributed by atoms with E-state index in [0.717, 1.165) is 12.0 Å². The number of fused-ring (bicyclic) bond motifs is 1. The molecule has 0 spiro atoms. The highest BCUT2D eigenvalue weighted by molar-refractivity contribution is 6.30. The van der Waals surface area contributed by atoms with E-state index in [0.29, 0.717) is 23.0 Å². The van der Waals surface area contributed by atoms with Crippen LogP contribution < -0.4 is 15.0 Å². The fourth-order valence-corrected chi connectivity index (χ4v) is 2.97. The molecule has 0 aliphatic carbocycles. The van der Waals surface area contributed by atoms with Crippen molar-refractivity contribution in [2.24, 2.45) is 0 Å². The zero-order valence-corrected chi connectivity index (χ0v) is 15.3. The molecule has 2 aromatic carbocycles. The molecule has 3 rings (SSSR count). The van der Waals surface area contributed by atoms with Crippen molar-refractivity contribution in [1.82, 2.24) is 5.32 Å². The van der Waals surface area contributed by atoms with Crippen LogP contribution in [0.4, 0.5) is 5.69 Å². The fraction of sp³-hybridized carbons (Fsp3) is 0.300. The maximum Gasteiger partial charge on any atom is 0.262 e. The lowest BCUT2D eigenvalue weighted by Gasteiger charge is -2.34. The number of para-hydroxylation sites is 2. The van der Waals surface area contributed by atoms with Crippen molar-refractivity contribution in [1.29, 1.82) is 0 Å². The van der Waals surface area contributed by atoms with Crippen molar-refractivity contribution in [3.05, 3.63) is 59.1 Å². The smallest absolute Gasteiger partial charge is 0.262 e. The minimum absolute atomic E-state index is 0.0867. The van der Waals surface area contributed by atoms with E-state index in [1.165, 1.54) is 0 Å². The van der Waals surface area contributed by atoms with E-state index in [-0.39, 0.29) is 24.8 Å². The number of halogens is 1. The molecule has 0 aromatic heterocycles. The van der Waals surface area contributed by atoms with Gasteiger partial charge in [-0.25, -0.2) is 0 Å². The molecule has 0 radical (unpaired) electrons. The van der Waals surface area contributed by atoms with E-state index in [2.05, 4.69) is 5.32 Å². The van der Waals surface area contributed by atoms with Crippen LogP contribution in [-0.2, 0) is 16.0 Å². The number of carbonyl (C=O) groups excluding carboxylic acids is 2. The first kappa shape index (κ1) is 18.3. The van der Waals surface area contributed by atoms with Crippen LogP contribution in [0, 0.1) is 0 Å². The van der Waals surface area contributed by atoms with Crippen LogP contribution in [0.2, 0.25) is 5.02 Å². The van der Waals surface area contributed by atoms with Gasteiger partial charge in [0.25, 0.3) is 5.91 Å². The van der Waals surface area contributed by atoms with Gasteiger partial charge in [0.05, 0.1) is 18.7 Å². The lowest BCUT2D eigenvalue weighted by molar-refractivity contribution is -0.128. The van der Waals surface area contributed by atoms with Crippen molar-refractivity contribution >= 4 is 29.1 Å². The second kappa shape index (κ2) is 8.23. The second-order valence-corrected chi connectivity index (χ2v) is 6.61. The molecule has 1 heterocycles. The SMILES string of the molecule is CCCNC(=O)[C@H]1CN(C(=O)Cc2ccc(Cl)cc2)c2ccccc2O1. The monoisotopic (exact) mass is 372 g/mol. The van der Waals surface area contributed by atoms with Crippen LogP contribution in [0.1, 0.15) is 18.9 Å². The highest BCUT2D eigenvalue weighted by atomic mass is 35.5. The van der Waals surface area contributed by atoms with Crippen LogP contribution in [0.15, 0.2) is 48.5 Å². The second-order valence-electron chi connectivity index (χ2n) is 6.17. The first-order valence-corrected chi connectivity index (χ1v) is 9.04. The molecule has 2 aromatic rings. The van der Waals surface area contributed by atoms with Gasteiger partial charge in [0.2, 0.25) is 5.91 Å². The molecular formula is C20H21ClN2O3. The first-order chi connectivity index (χ1) is 12.6. The highest BCUT2D eigenvalue weighted by Crippen LogP contribution is 2.33. The maximum absolute atomic E-state index is 12.9. The molecule has 1 N–H and O–H groups in total. The highest BCUT2D eigenvalue weighted by Gasteiger charge is 2.33. The Morgan fingerprint density at radius 1 is 1.19 bits per heavy atom. The average Bonchev–Trinajstić information content (AvgIpc) is 2.66. The Morgan fingerprint density at radius 2 is 1.92 bits per heavy atom. The number of carbonyl (C=O) groups is 2. The van der Waals surface area contributed by atoms with Gasteiger partial charge in [-0.05, 0) is 36.2 Å². The summed E-state index contributed by atoms with van der Waals surface area (Å²) in [6.45, 7) is 2.76. The third kappa shape index (κ3) is 4.17. The van der Waals surface area contributed by atoms with E-state index >= 15 is 0 Å². The van der Waals surface area contributed by atoms with Gasteiger partial charge in [0.1, 0.15) is 5.75 Å². The number of nitrogens with one attached hydrogen (secondary N) is 1. The van der Waals surface area contributed by atoms with Gasteiger partial charge in [0, 0.05) is 11.6 Å². The summed E-state index contributed by atoms with van der Waals surface area (Å²) in [6, 6.07) is 14.5. The summed E-state index contributed by atoms with van der Waals surface area (Å²) in [5.41, 5.74) is 1.56. The largest absolute Gasteiger partial charge is 0.477 e. The van der Waals surface area contributed by atoms with Crippen LogP contribution in [0.3, 0.4) is 0 Å². The molecule has 0 fully saturated rings. The number of anilines is 1. The van der Waals surface area contributed by atoms with Gasteiger partial charge in [-0.15, -0.1) is 0 Å². The fourth-order valence-electron chi connectivity index (χ4n) is 2.84. The minimum atomic E-state index is -0.717. The Labute approximate surface area is 157 Å². The summed E-state index contributed by atoms with van der Waals surface area (Å²) in [7, 11) is 0. The summed E-state index contributed by atoms with van der Waals surface area (Å²) >= 11 is 5.90. The number of benzene rings is 2. The van der Waals surface area contributed by atoms with Crippen molar-refractivity contribution in [3.63, 3.8) is 0 Å². The number of amides is 2. The van der Waals surface area contributed by atoms with Crippen molar-refractivity contribution in [2.45, 2.75) is 25.9 Å². The summed E-state index contributed by atoms with van der Waals surface area (Å²) in [6.07, 6.45) is 0.355. The molecule has 136 valence electrons. The van der Waals surface area contributed by atoms with E-state index in [4.69, 9.17) is 16.3 Å². The molecule has 2 amide bonds. The van der Waals surface area contributed by atoms with Crippen LogP contribution in [0.25, 0.3) is 0 Å². The molecular weight excluding hydrogens is 352 g/mol. The zero-order valence-electron chi connectivity index (χ0n) is 14.6. The van der Waals surface area contributed by atoms with E-state index < -0.39 is 6.10 Å². The van der Waals surface area contributed by atoms with Crippen LogP contribution in [0.5, 0.6) is 5.75 Å². The Balaban J connectivity index is 1.80. The van der Waals surface area contributed by atoms with Gasteiger partial charge >= 0.3 is 0 Å². The number of nitrogens with zero attached hydrogens (tertiary/aromatic N) is 1. The normalized spacial score (nSPS) is 15.8. The predicted molar refractivity (Wildman–Crippen MR) is 102 cm³/mol. The zero-order chi connectivity index (χ0) is 18.5. The standard InChI is InChI=1S/C20H21ClN2O3/c1-2-11-22-20(25)18-13-23(16-5-3-4-6-17(16)26-18)19(24)12-14-7-9-15(21)10-8-14/h3-10,18H,2,11-13H2,1H3,(H,22,25)/t18-/m1/s1. The predicted octanol–water partition coefficient (Wildman–Crippen LogP) is 3.20. The molecule has 26 heavy (non-hydrogen) atoms. The molecule has 6 heteroatoms. The summed E-state index contributed by atoms with van der Waals surface area (Å²) < 4.78 is 5.81. The maximum atomic E-state index is 12.9. The average molecular weight is 373 g/mol. The lowest BCUT2D eigenvalue weighted by Crippen LogP contribution is -2.51. The topological polar surface area (TPSA) is 58.6 Å². The summed E-state index contributed by atoms with van der Waals surface area (Å²) in [5.74, 6) is 0.252. The van der Waals surface area contributed by atoms with Crippen molar-refractivity contribution in [2.75, 3.05) is 18.0 Å². The van der Waals surface area contributed by atoms with Gasteiger partial charge in [-0.1, -0.05) is 42.8 Å². The lowest BCUT2D eigenvalue weighted by atomic mass is 10.1. The van der Waals surface area contributed by atoms with Gasteiger partial charge < -0.3 is 15.0 Å². The van der Waals surface area contributed by atoms with Gasteiger partial charge in [-0.2, -0.15) is 0 Å². The van der Waals surface area contributed by atoms with Crippen LogP contribution >= 0.6 is 11.6 Å².